The molecule has 1 N–H and O–H groups in total. The third-order valence-corrected chi connectivity index (χ3v) is 4.76. The Morgan fingerprint density at radius 3 is 2.81 bits per heavy atom. The van der Waals surface area contributed by atoms with Gasteiger partial charge in [0.05, 0.1) is 6.10 Å². The van der Waals surface area contributed by atoms with Gasteiger partial charge in [0, 0.05) is 6.54 Å². The van der Waals surface area contributed by atoms with Crippen LogP contribution in [-0.4, -0.2) is 29.6 Å². The maximum atomic E-state index is 13.2. The molecule has 21 heavy (non-hydrogen) atoms. The first-order valence-electron chi connectivity index (χ1n) is 8.22. The van der Waals surface area contributed by atoms with E-state index < -0.39 is 6.10 Å². The molecule has 3 heteroatoms. The zero-order valence-corrected chi connectivity index (χ0v) is 13.3. The largest absolute Gasteiger partial charge is 0.388 e. The van der Waals surface area contributed by atoms with Crippen LogP contribution in [0.2, 0.25) is 0 Å². The molecule has 2 unspecified atom stereocenters. The number of aliphatic hydroxyl groups is 1. The Labute approximate surface area is 128 Å². The highest BCUT2D eigenvalue weighted by Crippen LogP contribution is 2.25. The summed E-state index contributed by atoms with van der Waals surface area (Å²) in [5, 5.41) is 10.2. The fraction of sp³-hybridized carbons (Fsp3) is 0.667. The molecule has 0 bridgehead atoms. The van der Waals surface area contributed by atoms with Crippen LogP contribution in [0.1, 0.15) is 51.2 Å². The molecule has 118 valence electrons. The van der Waals surface area contributed by atoms with Crippen molar-refractivity contribution in [3.05, 3.63) is 35.6 Å². The van der Waals surface area contributed by atoms with Crippen molar-refractivity contribution in [3.63, 3.8) is 0 Å². The van der Waals surface area contributed by atoms with E-state index in [0.29, 0.717) is 12.0 Å². The zero-order chi connectivity index (χ0) is 15.2. The van der Waals surface area contributed by atoms with Gasteiger partial charge in [0.25, 0.3) is 0 Å². The van der Waals surface area contributed by atoms with Crippen LogP contribution >= 0.6 is 0 Å². The molecule has 2 nitrogen and oxygen atoms in total. The Morgan fingerprint density at radius 1 is 1.29 bits per heavy atom. The van der Waals surface area contributed by atoms with Gasteiger partial charge < -0.3 is 10.0 Å². The molecule has 2 rings (SSSR count). The SMILES string of the molecule is CC(C)C1CCCN(CCC(O)c2cccc(F)c2)CC1. The maximum Gasteiger partial charge on any atom is 0.123 e. The van der Waals surface area contributed by atoms with E-state index in [9.17, 15) is 9.50 Å². The lowest BCUT2D eigenvalue weighted by Crippen LogP contribution is -2.27. The molecule has 1 aliphatic heterocycles. The Balaban J connectivity index is 1.80. The number of aliphatic hydroxyl groups excluding tert-OH is 1. The van der Waals surface area contributed by atoms with Gasteiger partial charge in [-0.05, 0) is 68.3 Å². The van der Waals surface area contributed by atoms with Crippen molar-refractivity contribution in [1.29, 1.82) is 0 Å². The summed E-state index contributed by atoms with van der Waals surface area (Å²) in [6.07, 6.45) is 3.94. The van der Waals surface area contributed by atoms with Gasteiger partial charge in [-0.25, -0.2) is 4.39 Å². The predicted molar refractivity (Wildman–Crippen MR) is 84.6 cm³/mol. The molecule has 0 saturated carbocycles. The van der Waals surface area contributed by atoms with Gasteiger partial charge in [-0.15, -0.1) is 0 Å². The van der Waals surface area contributed by atoms with Crippen molar-refractivity contribution in [3.8, 4) is 0 Å². The standard InChI is InChI=1S/C18H28FNO/c1-14(2)15-6-4-10-20(11-8-15)12-9-18(21)16-5-3-7-17(19)13-16/h3,5,7,13-15,18,21H,4,6,8-12H2,1-2H3. The maximum absolute atomic E-state index is 13.2. The summed E-state index contributed by atoms with van der Waals surface area (Å²) in [7, 11) is 0. The van der Waals surface area contributed by atoms with Gasteiger partial charge in [0.1, 0.15) is 5.82 Å². The number of rotatable bonds is 5. The molecule has 1 fully saturated rings. The van der Waals surface area contributed by atoms with Crippen LogP contribution in [-0.2, 0) is 0 Å². The second kappa shape index (κ2) is 7.90. The number of nitrogens with zero attached hydrogens (tertiary/aromatic N) is 1. The number of hydrogen-bond acceptors (Lipinski definition) is 2. The highest BCUT2D eigenvalue weighted by atomic mass is 19.1. The number of hydrogen-bond donors (Lipinski definition) is 1. The van der Waals surface area contributed by atoms with Crippen LogP contribution in [0.25, 0.3) is 0 Å². The summed E-state index contributed by atoms with van der Waals surface area (Å²) in [5.74, 6) is 1.33. The van der Waals surface area contributed by atoms with Crippen molar-refractivity contribution >= 4 is 0 Å². The van der Waals surface area contributed by atoms with E-state index >= 15 is 0 Å². The van der Waals surface area contributed by atoms with Crippen molar-refractivity contribution in [1.82, 2.24) is 4.90 Å². The monoisotopic (exact) mass is 293 g/mol. The summed E-state index contributed by atoms with van der Waals surface area (Å²) >= 11 is 0. The highest BCUT2D eigenvalue weighted by molar-refractivity contribution is 5.18. The Hall–Kier alpha value is -0.930. The lowest BCUT2D eigenvalue weighted by molar-refractivity contribution is 0.142. The Kier molecular flexibility index (Phi) is 6.19. The molecule has 1 heterocycles. The first-order valence-corrected chi connectivity index (χ1v) is 8.22. The van der Waals surface area contributed by atoms with Crippen molar-refractivity contribution < 1.29 is 9.50 Å². The minimum absolute atomic E-state index is 0.277. The second-order valence-electron chi connectivity index (χ2n) is 6.64. The number of halogens is 1. The smallest absolute Gasteiger partial charge is 0.123 e. The topological polar surface area (TPSA) is 23.5 Å². The fourth-order valence-corrected chi connectivity index (χ4v) is 3.26. The van der Waals surface area contributed by atoms with Crippen molar-refractivity contribution in [2.24, 2.45) is 11.8 Å². The van der Waals surface area contributed by atoms with Crippen LogP contribution in [0, 0.1) is 17.7 Å². The van der Waals surface area contributed by atoms with Crippen LogP contribution < -0.4 is 0 Å². The molecule has 1 aliphatic rings. The van der Waals surface area contributed by atoms with Gasteiger partial charge in [-0.3, -0.25) is 0 Å². The quantitative estimate of drug-likeness (QED) is 0.886. The normalized spacial score (nSPS) is 22.2. The van der Waals surface area contributed by atoms with E-state index in [4.69, 9.17) is 0 Å². The molecular formula is C18H28FNO. The molecule has 1 aromatic rings. The predicted octanol–water partition coefficient (Wildman–Crippen LogP) is 4.01. The highest BCUT2D eigenvalue weighted by Gasteiger charge is 2.20. The Morgan fingerprint density at radius 2 is 2.10 bits per heavy atom. The van der Waals surface area contributed by atoms with E-state index in [1.165, 1.54) is 31.4 Å². The van der Waals surface area contributed by atoms with Crippen LogP contribution in [0.3, 0.4) is 0 Å². The molecule has 0 aliphatic carbocycles. The minimum atomic E-state index is -0.565. The third kappa shape index (κ3) is 5.08. The second-order valence-corrected chi connectivity index (χ2v) is 6.64. The van der Waals surface area contributed by atoms with Crippen molar-refractivity contribution in [2.75, 3.05) is 19.6 Å². The van der Waals surface area contributed by atoms with E-state index in [1.807, 2.05) is 0 Å². The summed E-state index contributed by atoms with van der Waals surface area (Å²) in [5.41, 5.74) is 0.685. The van der Waals surface area contributed by atoms with E-state index in [2.05, 4.69) is 18.7 Å². The van der Waals surface area contributed by atoms with Crippen LogP contribution in [0.15, 0.2) is 24.3 Å². The minimum Gasteiger partial charge on any atom is -0.388 e. The zero-order valence-electron chi connectivity index (χ0n) is 13.3. The fourth-order valence-electron chi connectivity index (χ4n) is 3.26. The lowest BCUT2D eigenvalue weighted by Gasteiger charge is -2.22. The first kappa shape index (κ1) is 16.4. The van der Waals surface area contributed by atoms with Gasteiger partial charge in [0.2, 0.25) is 0 Å². The summed E-state index contributed by atoms with van der Waals surface area (Å²) in [6.45, 7) is 7.77. The molecule has 0 spiro atoms. The summed E-state index contributed by atoms with van der Waals surface area (Å²) in [4.78, 5) is 2.45. The number of benzene rings is 1. The molecule has 0 amide bonds. The van der Waals surface area contributed by atoms with E-state index in [1.54, 1.807) is 12.1 Å². The average Bonchev–Trinajstić information content (AvgIpc) is 2.70. The molecular weight excluding hydrogens is 265 g/mol. The average molecular weight is 293 g/mol. The van der Waals surface area contributed by atoms with E-state index in [-0.39, 0.29) is 5.82 Å². The lowest BCUT2D eigenvalue weighted by atomic mass is 9.89. The van der Waals surface area contributed by atoms with Crippen LogP contribution in [0.5, 0.6) is 0 Å². The summed E-state index contributed by atoms with van der Waals surface area (Å²) < 4.78 is 13.2. The van der Waals surface area contributed by atoms with Crippen molar-refractivity contribution in [2.45, 2.75) is 45.6 Å². The van der Waals surface area contributed by atoms with Gasteiger partial charge >= 0.3 is 0 Å². The summed E-state index contributed by atoms with van der Waals surface area (Å²) in [6, 6.07) is 6.30. The molecule has 0 radical (unpaired) electrons. The molecule has 1 aromatic carbocycles. The Bertz CT molecular complexity index is 435. The molecule has 1 saturated heterocycles. The van der Waals surface area contributed by atoms with Gasteiger partial charge in [-0.1, -0.05) is 26.0 Å². The van der Waals surface area contributed by atoms with E-state index in [0.717, 1.165) is 31.5 Å². The number of likely N-dealkylation sites (tertiary alicyclic amines) is 1. The van der Waals surface area contributed by atoms with Gasteiger partial charge in [-0.2, -0.15) is 0 Å². The third-order valence-electron chi connectivity index (χ3n) is 4.76. The first-order chi connectivity index (χ1) is 10.1. The molecule has 0 aromatic heterocycles. The van der Waals surface area contributed by atoms with Gasteiger partial charge in [0.15, 0.2) is 0 Å². The van der Waals surface area contributed by atoms with Crippen LogP contribution in [0.4, 0.5) is 4.39 Å². The molecule has 2 atom stereocenters.